The Hall–Kier alpha value is -2.62. The number of rotatable bonds is 7. The first-order chi connectivity index (χ1) is 16.0. The van der Waals surface area contributed by atoms with E-state index in [4.69, 9.17) is 4.74 Å². The zero-order chi connectivity index (χ0) is 25.0. The molecule has 1 unspecified atom stereocenters. The molecular weight excluding hydrogens is 451 g/mol. The highest BCUT2D eigenvalue weighted by Gasteiger charge is 2.45. The van der Waals surface area contributed by atoms with E-state index < -0.39 is 29.6 Å². The highest BCUT2D eigenvalue weighted by Crippen LogP contribution is 2.33. The van der Waals surface area contributed by atoms with Crippen LogP contribution in [0.15, 0.2) is 24.3 Å². The Kier molecular flexibility index (Phi) is 8.22. The Morgan fingerprint density at radius 2 is 1.94 bits per heavy atom. The van der Waals surface area contributed by atoms with Crippen LogP contribution in [0, 0.1) is 11.8 Å². The summed E-state index contributed by atoms with van der Waals surface area (Å²) in [6.45, 7) is 5.39. The molecule has 188 valence electrons. The first kappa shape index (κ1) is 26.0. The lowest BCUT2D eigenvalue weighted by molar-refractivity contribution is -0.151. The second-order valence-electron chi connectivity index (χ2n) is 9.43. The number of halogens is 3. The predicted octanol–water partition coefficient (Wildman–Crippen LogP) is 2.99. The molecule has 34 heavy (non-hydrogen) atoms. The van der Waals surface area contributed by atoms with Gasteiger partial charge in [-0.2, -0.15) is 13.2 Å². The molecule has 4 atom stereocenters. The van der Waals surface area contributed by atoms with Gasteiger partial charge in [-0.25, -0.2) is 0 Å². The molecule has 0 bridgehead atoms. The standard InChI is InChI=1S/C24H32F3N3O4/c1-14(2)13-28-17-7-8-20(18(12-17)23(33)34-3)30-10-9-19(22(30)32)29-21(31)15-5-4-6-16(11-15)24(25,26)27/h4-6,11,14,17-20,28H,7-10,12-13H2,1-3H3,(H,29,31)/t17?,18-,19+,20+/m1/s1. The lowest BCUT2D eigenvalue weighted by atomic mass is 9.80. The van der Waals surface area contributed by atoms with Crippen LogP contribution in [-0.4, -0.2) is 61.0 Å². The van der Waals surface area contributed by atoms with Gasteiger partial charge in [0.25, 0.3) is 5.91 Å². The van der Waals surface area contributed by atoms with Gasteiger partial charge in [-0.3, -0.25) is 14.4 Å². The molecule has 2 aliphatic rings. The Labute approximate surface area is 197 Å². The van der Waals surface area contributed by atoms with Crippen molar-refractivity contribution >= 4 is 17.8 Å². The molecule has 0 radical (unpaired) electrons. The molecule has 2 fully saturated rings. The fourth-order valence-electron chi connectivity index (χ4n) is 4.76. The fourth-order valence-corrected chi connectivity index (χ4v) is 4.76. The minimum absolute atomic E-state index is 0.150. The number of benzene rings is 1. The van der Waals surface area contributed by atoms with Crippen LogP contribution in [0.25, 0.3) is 0 Å². The topological polar surface area (TPSA) is 87.7 Å². The summed E-state index contributed by atoms with van der Waals surface area (Å²) in [6.07, 6.45) is -2.27. The number of esters is 1. The third-order valence-corrected chi connectivity index (χ3v) is 6.53. The number of alkyl halides is 3. The van der Waals surface area contributed by atoms with E-state index in [-0.39, 0.29) is 29.5 Å². The number of methoxy groups -OCH3 is 1. The summed E-state index contributed by atoms with van der Waals surface area (Å²) >= 11 is 0. The minimum Gasteiger partial charge on any atom is -0.469 e. The van der Waals surface area contributed by atoms with Crippen molar-refractivity contribution in [2.45, 2.75) is 63.8 Å². The van der Waals surface area contributed by atoms with Crippen molar-refractivity contribution in [1.29, 1.82) is 0 Å². The van der Waals surface area contributed by atoms with Crippen LogP contribution < -0.4 is 10.6 Å². The van der Waals surface area contributed by atoms with E-state index >= 15 is 0 Å². The van der Waals surface area contributed by atoms with Crippen molar-refractivity contribution in [1.82, 2.24) is 15.5 Å². The van der Waals surface area contributed by atoms with E-state index in [2.05, 4.69) is 24.5 Å². The molecule has 2 amide bonds. The third kappa shape index (κ3) is 6.08. The highest BCUT2D eigenvalue weighted by molar-refractivity contribution is 5.98. The van der Waals surface area contributed by atoms with E-state index in [9.17, 15) is 27.6 Å². The molecule has 7 nitrogen and oxygen atoms in total. The van der Waals surface area contributed by atoms with Crippen molar-refractivity contribution in [3.63, 3.8) is 0 Å². The maximum atomic E-state index is 13.1. The number of carbonyl (C=O) groups is 3. The normalized spacial score (nSPS) is 25.5. The van der Waals surface area contributed by atoms with Crippen molar-refractivity contribution in [3.8, 4) is 0 Å². The SMILES string of the molecule is COC(=O)[C@@H]1CC(NCC(C)C)CC[C@@H]1N1CC[C@H](NC(=O)c2cccc(C(F)(F)F)c2)C1=O. The summed E-state index contributed by atoms with van der Waals surface area (Å²) in [5.41, 5.74) is -1.09. The van der Waals surface area contributed by atoms with Crippen LogP contribution in [0.4, 0.5) is 13.2 Å². The van der Waals surface area contributed by atoms with Crippen LogP contribution in [0.3, 0.4) is 0 Å². The second-order valence-corrected chi connectivity index (χ2v) is 9.43. The number of hydrogen-bond acceptors (Lipinski definition) is 5. The van der Waals surface area contributed by atoms with Crippen molar-refractivity contribution < 1.29 is 32.3 Å². The van der Waals surface area contributed by atoms with Gasteiger partial charge in [-0.15, -0.1) is 0 Å². The Morgan fingerprint density at radius 3 is 2.59 bits per heavy atom. The molecule has 1 aliphatic heterocycles. The number of nitrogens with zero attached hydrogens (tertiary/aromatic N) is 1. The minimum atomic E-state index is -4.57. The van der Waals surface area contributed by atoms with Crippen LogP contribution in [0.2, 0.25) is 0 Å². The summed E-state index contributed by atoms with van der Waals surface area (Å²) in [6, 6.07) is 3.05. The Balaban J connectivity index is 1.66. The lowest BCUT2D eigenvalue weighted by Crippen LogP contribution is -2.53. The molecule has 1 aliphatic carbocycles. The van der Waals surface area contributed by atoms with Gasteiger partial charge in [-0.1, -0.05) is 19.9 Å². The number of hydrogen-bond donors (Lipinski definition) is 2. The monoisotopic (exact) mass is 483 g/mol. The molecule has 10 heteroatoms. The summed E-state index contributed by atoms with van der Waals surface area (Å²) in [7, 11) is 1.33. The van der Waals surface area contributed by atoms with Gasteiger partial charge in [-0.05, 0) is 56.3 Å². The molecule has 2 N–H and O–H groups in total. The third-order valence-electron chi connectivity index (χ3n) is 6.53. The molecule has 1 aromatic rings. The van der Waals surface area contributed by atoms with E-state index in [0.717, 1.165) is 31.2 Å². The van der Waals surface area contributed by atoms with Gasteiger partial charge in [0.1, 0.15) is 6.04 Å². The molecule has 1 saturated heterocycles. The van der Waals surface area contributed by atoms with E-state index in [1.165, 1.54) is 13.2 Å². The van der Waals surface area contributed by atoms with Gasteiger partial charge < -0.3 is 20.3 Å². The molecule has 1 aromatic carbocycles. The van der Waals surface area contributed by atoms with Gasteiger partial charge in [0.05, 0.1) is 18.6 Å². The predicted molar refractivity (Wildman–Crippen MR) is 119 cm³/mol. The zero-order valence-electron chi connectivity index (χ0n) is 19.7. The second kappa shape index (κ2) is 10.8. The van der Waals surface area contributed by atoms with Crippen molar-refractivity contribution in [3.05, 3.63) is 35.4 Å². The quantitative estimate of drug-likeness (QED) is 0.583. The molecule has 0 aromatic heterocycles. The highest BCUT2D eigenvalue weighted by atomic mass is 19.4. The fraction of sp³-hybridized carbons (Fsp3) is 0.625. The molecule has 1 saturated carbocycles. The average Bonchev–Trinajstić information content (AvgIpc) is 3.16. The summed E-state index contributed by atoms with van der Waals surface area (Å²) in [4.78, 5) is 39.8. The number of likely N-dealkylation sites (tertiary alicyclic amines) is 1. The lowest BCUT2D eigenvalue weighted by Gasteiger charge is -2.40. The number of ether oxygens (including phenoxy) is 1. The smallest absolute Gasteiger partial charge is 0.416 e. The summed E-state index contributed by atoms with van der Waals surface area (Å²) < 4.78 is 43.9. The van der Waals surface area contributed by atoms with Gasteiger partial charge in [0, 0.05) is 24.2 Å². The van der Waals surface area contributed by atoms with Gasteiger partial charge in [0.2, 0.25) is 5.91 Å². The summed E-state index contributed by atoms with van der Waals surface area (Å²) in [5.74, 6) is -1.45. The maximum absolute atomic E-state index is 13.1. The average molecular weight is 484 g/mol. The van der Waals surface area contributed by atoms with Crippen LogP contribution in [-0.2, 0) is 20.5 Å². The van der Waals surface area contributed by atoms with Crippen LogP contribution >= 0.6 is 0 Å². The van der Waals surface area contributed by atoms with E-state index in [0.29, 0.717) is 31.7 Å². The van der Waals surface area contributed by atoms with E-state index in [1.807, 2.05) is 0 Å². The zero-order valence-corrected chi connectivity index (χ0v) is 19.7. The van der Waals surface area contributed by atoms with Crippen molar-refractivity contribution in [2.24, 2.45) is 11.8 Å². The number of carbonyl (C=O) groups excluding carboxylic acids is 3. The van der Waals surface area contributed by atoms with Gasteiger partial charge in [0.15, 0.2) is 0 Å². The first-order valence-electron chi connectivity index (χ1n) is 11.6. The van der Waals surface area contributed by atoms with E-state index in [1.54, 1.807) is 4.90 Å². The summed E-state index contributed by atoms with van der Waals surface area (Å²) in [5, 5.41) is 6.04. The molecule has 1 heterocycles. The maximum Gasteiger partial charge on any atom is 0.416 e. The number of nitrogens with one attached hydrogen (secondary N) is 2. The Bertz CT molecular complexity index is 906. The number of amides is 2. The Morgan fingerprint density at radius 1 is 1.21 bits per heavy atom. The molecule has 3 rings (SSSR count). The van der Waals surface area contributed by atoms with Crippen molar-refractivity contribution in [2.75, 3.05) is 20.2 Å². The molecular formula is C24H32F3N3O4. The molecule has 0 spiro atoms. The van der Waals surface area contributed by atoms with Crippen LogP contribution in [0.5, 0.6) is 0 Å². The largest absolute Gasteiger partial charge is 0.469 e. The van der Waals surface area contributed by atoms with Crippen LogP contribution in [0.1, 0.15) is 55.5 Å². The van der Waals surface area contributed by atoms with Gasteiger partial charge >= 0.3 is 12.1 Å². The first-order valence-corrected chi connectivity index (χ1v) is 11.6.